The minimum atomic E-state index is -0.364. The van der Waals surface area contributed by atoms with E-state index in [9.17, 15) is 9.59 Å². The lowest BCUT2D eigenvalue weighted by Crippen LogP contribution is -2.28. The van der Waals surface area contributed by atoms with Crippen molar-refractivity contribution in [2.75, 3.05) is 18.7 Å². The summed E-state index contributed by atoms with van der Waals surface area (Å²) in [5.41, 5.74) is 0.582. The molecule has 1 fully saturated rings. The molecule has 106 valence electrons. The van der Waals surface area contributed by atoms with Crippen LogP contribution in [0.5, 0.6) is 11.5 Å². The van der Waals surface area contributed by atoms with Crippen molar-refractivity contribution in [2.45, 2.75) is 19.3 Å². The van der Waals surface area contributed by atoms with E-state index in [4.69, 9.17) is 14.2 Å². The van der Waals surface area contributed by atoms with Crippen molar-refractivity contribution in [1.82, 2.24) is 0 Å². The highest BCUT2D eigenvalue weighted by Crippen LogP contribution is 2.34. The van der Waals surface area contributed by atoms with Crippen LogP contribution in [-0.4, -0.2) is 25.3 Å². The largest absolute Gasteiger partial charge is 0.455 e. The fourth-order valence-electron chi connectivity index (χ4n) is 2.07. The number of amides is 1. The summed E-state index contributed by atoms with van der Waals surface area (Å²) in [6.45, 7) is -0.0739. The van der Waals surface area contributed by atoms with E-state index in [1.54, 1.807) is 18.2 Å². The number of esters is 1. The molecule has 1 heterocycles. The lowest BCUT2D eigenvalue weighted by molar-refractivity contribution is -0.154. The van der Waals surface area contributed by atoms with Crippen molar-refractivity contribution in [3.05, 3.63) is 18.2 Å². The van der Waals surface area contributed by atoms with Gasteiger partial charge >= 0.3 is 5.97 Å². The summed E-state index contributed by atoms with van der Waals surface area (Å²) >= 11 is 0. The number of rotatable bonds is 4. The molecule has 0 unspecified atom stereocenters. The van der Waals surface area contributed by atoms with Crippen molar-refractivity contribution in [3.8, 4) is 11.5 Å². The molecule has 1 amide bonds. The second-order valence-electron chi connectivity index (χ2n) is 4.85. The zero-order valence-electron chi connectivity index (χ0n) is 10.9. The Morgan fingerprint density at radius 2 is 2.05 bits per heavy atom. The summed E-state index contributed by atoms with van der Waals surface area (Å²) in [5, 5.41) is 2.65. The third kappa shape index (κ3) is 2.68. The van der Waals surface area contributed by atoms with E-state index < -0.39 is 0 Å². The number of ether oxygens (including phenoxy) is 3. The Labute approximate surface area is 116 Å². The molecule has 1 aromatic rings. The maximum Gasteiger partial charge on any atom is 0.309 e. The van der Waals surface area contributed by atoms with Gasteiger partial charge in [-0.25, -0.2) is 0 Å². The topological polar surface area (TPSA) is 73.9 Å². The van der Waals surface area contributed by atoms with E-state index in [2.05, 4.69) is 5.32 Å². The maximum absolute atomic E-state index is 11.7. The summed E-state index contributed by atoms with van der Waals surface area (Å²) in [7, 11) is 0. The van der Waals surface area contributed by atoms with Crippen LogP contribution in [0, 0.1) is 5.92 Å². The van der Waals surface area contributed by atoms with E-state index in [0.717, 1.165) is 19.3 Å². The lowest BCUT2D eigenvalue weighted by atomic mass is 9.86. The summed E-state index contributed by atoms with van der Waals surface area (Å²) < 4.78 is 15.4. The van der Waals surface area contributed by atoms with Crippen LogP contribution in [0.2, 0.25) is 0 Å². The Hall–Kier alpha value is -2.24. The molecule has 0 atom stereocenters. The van der Waals surface area contributed by atoms with Gasteiger partial charge in [-0.05, 0) is 25.0 Å². The van der Waals surface area contributed by atoms with E-state index >= 15 is 0 Å². The molecule has 6 nitrogen and oxygen atoms in total. The highest BCUT2D eigenvalue weighted by molar-refractivity contribution is 5.93. The van der Waals surface area contributed by atoms with Gasteiger partial charge in [-0.1, -0.05) is 6.42 Å². The third-order valence-corrected chi connectivity index (χ3v) is 3.44. The number of anilines is 1. The number of fused-ring (bicyclic) bond motifs is 1. The molecule has 2 aliphatic rings. The van der Waals surface area contributed by atoms with Gasteiger partial charge in [-0.15, -0.1) is 0 Å². The van der Waals surface area contributed by atoms with Gasteiger partial charge in [0.15, 0.2) is 18.1 Å². The van der Waals surface area contributed by atoms with Crippen LogP contribution in [0.4, 0.5) is 5.69 Å². The fourth-order valence-corrected chi connectivity index (χ4v) is 2.07. The van der Waals surface area contributed by atoms with E-state index in [1.165, 1.54) is 0 Å². The molecule has 1 saturated carbocycles. The van der Waals surface area contributed by atoms with E-state index in [0.29, 0.717) is 17.2 Å². The van der Waals surface area contributed by atoms with Crippen LogP contribution in [0.3, 0.4) is 0 Å². The van der Waals surface area contributed by atoms with Gasteiger partial charge in [-0.2, -0.15) is 0 Å². The Kier molecular flexibility index (Phi) is 3.45. The predicted molar refractivity (Wildman–Crippen MR) is 69.5 cm³/mol. The molecule has 1 aromatic carbocycles. The van der Waals surface area contributed by atoms with Gasteiger partial charge < -0.3 is 19.5 Å². The Bertz CT molecular complexity index is 538. The molecule has 1 N–H and O–H groups in total. The number of hydrogen-bond acceptors (Lipinski definition) is 5. The number of benzene rings is 1. The third-order valence-electron chi connectivity index (χ3n) is 3.44. The minimum absolute atomic E-state index is 0.0201. The highest BCUT2D eigenvalue weighted by atomic mass is 16.7. The van der Waals surface area contributed by atoms with E-state index in [1.807, 2.05) is 0 Å². The monoisotopic (exact) mass is 277 g/mol. The Morgan fingerprint density at radius 3 is 2.80 bits per heavy atom. The molecule has 0 radical (unpaired) electrons. The van der Waals surface area contributed by atoms with Gasteiger partial charge in [0, 0.05) is 11.8 Å². The molecule has 0 bridgehead atoms. The first-order valence-electron chi connectivity index (χ1n) is 6.58. The molecule has 6 heteroatoms. The van der Waals surface area contributed by atoms with Crippen LogP contribution < -0.4 is 14.8 Å². The molecule has 1 aliphatic carbocycles. The zero-order chi connectivity index (χ0) is 13.9. The van der Waals surface area contributed by atoms with Gasteiger partial charge in [0.2, 0.25) is 6.79 Å². The van der Waals surface area contributed by atoms with Gasteiger partial charge in [-0.3, -0.25) is 9.59 Å². The van der Waals surface area contributed by atoms with Crippen LogP contribution in [0.1, 0.15) is 19.3 Å². The molecule has 0 aromatic heterocycles. The smallest absolute Gasteiger partial charge is 0.309 e. The maximum atomic E-state index is 11.7. The van der Waals surface area contributed by atoms with Gasteiger partial charge in [0.05, 0.1) is 5.92 Å². The Balaban J connectivity index is 1.49. The second-order valence-corrected chi connectivity index (χ2v) is 4.85. The number of carbonyl (C=O) groups is 2. The molecule has 0 saturated heterocycles. The number of nitrogens with one attached hydrogen (secondary N) is 1. The van der Waals surface area contributed by atoms with Crippen molar-refractivity contribution in [2.24, 2.45) is 5.92 Å². The first-order valence-corrected chi connectivity index (χ1v) is 6.58. The summed E-state index contributed by atoms with van der Waals surface area (Å²) in [6.07, 6.45) is 2.79. The molecular weight excluding hydrogens is 262 g/mol. The Morgan fingerprint density at radius 1 is 1.25 bits per heavy atom. The van der Waals surface area contributed by atoms with Crippen molar-refractivity contribution >= 4 is 17.6 Å². The van der Waals surface area contributed by atoms with Crippen molar-refractivity contribution < 1.29 is 23.8 Å². The summed E-state index contributed by atoms with van der Waals surface area (Å²) in [4.78, 5) is 23.2. The zero-order valence-corrected chi connectivity index (χ0v) is 10.9. The molecule has 0 spiro atoms. The van der Waals surface area contributed by atoms with Crippen LogP contribution >= 0.6 is 0 Å². The first kappa shape index (κ1) is 12.8. The van der Waals surface area contributed by atoms with E-state index in [-0.39, 0.29) is 31.2 Å². The minimum Gasteiger partial charge on any atom is -0.455 e. The average Bonchev–Trinajstić information content (AvgIpc) is 2.81. The van der Waals surface area contributed by atoms with Crippen LogP contribution in [0.15, 0.2) is 18.2 Å². The van der Waals surface area contributed by atoms with Gasteiger partial charge in [0.25, 0.3) is 5.91 Å². The molecule has 20 heavy (non-hydrogen) atoms. The number of carbonyl (C=O) groups excluding carboxylic acids is 2. The second kappa shape index (κ2) is 5.40. The predicted octanol–water partition coefficient (Wildman–Crippen LogP) is 1.70. The normalized spacial score (nSPS) is 16.4. The number of hydrogen-bond donors (Lipinski definition) is 1. The lowest BCUT2D eigenvalue weighted by Gasteiger charge is -2.22. The summed E-state index contributed by atoms with van der Waals surface area (Å²) in [5.74, 6) is 0.579. The quantitative estimate of drug-likeness (QED) is 0.848. The first-order chi connectivity index (χ1) is 9.72. The average molecular weight is 277 g/mol. The standard InChI is InChI=1S/C14H15NO5/c16-13(7-18-14(17)9-2-1-3-9)15-10-4-5-11-12(6-10)20-8-19-11/h4-6,9H,1-3,7-8H2,(H,15,16). The SMILES string of the molecule is O=C(COC(=O)C1CCC1)Nc1ccc2c(c1)OCO2. The van der Waals surface area contributed by atoms with Gasteiger partial charge in [0.1, 0.15) is 0 Å². The summed E-state index contributed by atoms with van der Waals surface area (Å²) in [6, 6.07) is 5.10. The fraction of sp³-hybridized carbons (Fsp3) is 0.429. The van der Waals surface area contributed by atoms with Crippen LogP contribution in [0.25, 0.3) is 0 Å². The highest BCUT2D eigenvalue weighted by Gasteiger charge is 2.27. The molecule has 1 aliphatic heterocycles. The van der Waals surface area contributed by atoms with Crippen molar-refractivity contribution in [3.63, 3.8) is 0 Å². The molecule has 3 rings (SSSR count). The van der Waals surface area contributed by atoms with Crippen LogP contribution in [-0.2, 0) is 14.3 Å². The molecular formula is C14H15NO5. The van der Waals surface area contributed by atoms with Crippen molar-refractivity contribution in [1.29, 1.82) is 0 Å².